The number of nitrogens with zero attached hydrogens (tertiary/aromatic N) is 5. The number of amidine groups is 1. The van der Waals surface area contributed by atoms with Gasteiger partial charge in [-0.3, -0.25) is 10.7 Å². The van der Waals surface area contributed by atoms with Crippen LogP contribution in [-0.2, 0) is 6.54 Å². The van der Waals surface area contributed by atoms with Gasteiger partial charge in [-0.05, 0) is 88.9 Å². The molecule has 10 nitrogen and oxygen atoms in total. The van der Waals surface area contributed by atoms with Crippen LogP contribution in [0.15, 0.2) is 0 Å². The molecule has 3 fully saturated rings. The summed E-state index contributed by atoms with van der Waals surface area (Å²) in [5, 5.41) is 23.4. The van der Waals surface area contributed by atoms with E-state index in [-0.39, 0.29) is 17.7 Å². The molecule has 222 valence electrons. The normalized spacial score (nSPS) is 24.1. The lowest BCUT2D eigenvalue weighted by Crippen LogP contribution is -2.42. The van der Waals surface area contributed by atoms with Crippen molar-refractivity contribution in [2.24, 2.45) is 23.7 Å². The summed E-state index contributed by atoms with van der Waals surface area (Å²) in [6.07, 6.45) is 16.9. The molecular formula is C31H46N8O2. The summed E-state index contributed by atoms with van der Waals surface area (Å²) in [7, 11) is 0. The summed E-state index contributed by atoms with van der Waals surface area (Å²) in [5.74, 6) is 6.18. The monoisotopic (exact) mass is 562 g/mol. The number of carbonyl (C=O) groups is 1. The van der Waals surface area contributed by atoms with E-state index in [9.17, 15) is 9.90 Å². The first kappa shape index (κ1) is 29.2. The zero-order valence-electron chi connectivity index (χ0n) is 24.8. The van der Waals surface area contributed by atoms with Crippen LogP contribution in [0.4, 0.5) is 16.6 Å². The van der Waals surface area contributed by atoms with Crippen LogP contribution in [0.1, 0.15) is 97.2 Å². The molecule has 0 aromatic carbocycles. The maximum Gasteiger partial charge on any atom is 0.410 e. The van der Waals surface area contributed by atoms with Gasteiger partial charge in [0.05, 0.1) is 0 Å². The minimum absolute atomic E-state index is 0.0336. The van der Waals surface area contributed by atoms with Crippen LogP contribution in [0.3, 0.4) is 0 Å². The Morgan fingerprint density at radius 3 is 2.46 bits per heavy atom. The maximum absolute atomic E-state index is 11.3. The van der Waals surface area contributed by atoms with E-state index in [1.54, 1.807) is 0 Å². The molecule has 41 heavy (non-hydrogen) atoms. The molecule has 5 rings (SSSR count). The lowest BCUT2D eigenvalue weighted by atomic mass is 9.80. The van der Waals surface area contributed by atoms with Crippen molar-refractivity contribution in [1.29, 1.82) is 5.41 Å². The van der Waals surface area contributed by atoms with Crippen molar-refractivity contribution in [3.8, 4) is 12.3 Å². The van der Waals surface area contributed by atoms with Crippen LogP contribution in [0.2, 0.25) is 0 Å². The second-order valence-corrected chi connectivity index (χ2v) is 12.9. The topological polar surface area (TPSA) is 132 Å². The highest BCUT2D eigenvalue weighted by molar-refractivity contribution is 6.03. The highest BCUT2D eigenvalue weighted by Gasteiger charge is 2.32. The van der Waals surface area contributed by atoms with Gasteiger partial charge in [-0.1, -0.05) is 20.3 Å². The Morgan fingerprint density at radius 1 is 1.07 bits per heavy atom. The minimum atomic E-state index is -1.31. The van der Waals surface area contributed by atoms with E-state index < -0.39 is 6.09 Å². The van der Waals surface area contributed by atoms with Gasteiger partial charge >= 0.3 is 6.09 Å². The second kappa shape index (κ2) is 12.7. The number of carboxylic acid groups (broad SMARTS) is 1. The van der Waals surface area contributed by atoms with Gasteiger partial charge in [0.2, 0.25) is 5.95 Å². The lowest BCUT2D eigenvalue weighted by Gasteiger charge is -2.38. The molecular weight excluding hydrogens is 516 g/mol. The van der Waals surface area contributed by atoms with Crippen molar-refractivity contribution < 1.29 is 9.90 Å². The molecule has 3 heterocycles. The highest BCUT2D eigenvalue weighted by Crippen LogP contribution is 2.37. The largest absolute Gasteiger partial charge is 0.465 e. The summed E-state index contributed by atoms with van der Waals surface area (Å²) in [6.45, 7) is 8.51. The minimum Gasteiger partial charge on any atom is -0.465 e. The Kier molecular flexibility index (Phi) is 9.00. The van der Waals surface area contributed by atoms with Gasteiger partial charge in [0.1, 0.15) is 5.52 Å². The van der Waals surface area contributed by atoms with E-state index in [0.717, 1.165) is 69.5 Å². The molecule has 0 radical (unpaired) electrons. The van der Waals surface area contributed by atoms with E-state index in [2.05, 4.69) is 51.8 Å². The third-order valence-corrected chi connectivity index (χ3v) is 9.41. The van der Waals surface area contributed by atoms with E-state index in [1.165, 1.54) is 25.7 Å². The average molecular weight is 563 g/mol. The number of amides is 1. The lowest BCUT2D eigenvalue weighted by molar-refractivity contribution is 0.200. The number of aromatic nitrogens is 4. The number of hydrogen-bond acceptors (Lipinski definition) is 7. The van der Waals surface area contributed by atoms with Gasteiger partial charge in [-0.2, -0.15) is 4.98 Å². The number of nitrogens with one attached hydrogen (secondary N) is 3. The molecule has 0 bridgehead atoms. The zero-order valence-corrected chi connectivity index (χ0v) is 24.8. The number of terminal acetylenes is 1. The standard InChI is InChI=1S/C31H46N8O2/c1-5-21-12-14-22(15-13-21)18-39-25-27(33-20(4)23-9-8-10-23)35-29(26(32)34-31(40)41)36-28(25)37-30(39)38-16-7-6-11-24(38)17-19(2)3/h1,19-24H,6-18H2,2-4H3,(H2,32,34)(H,40,41)(H,33,35,36)/t20-,21-,22-,24+/m1/s1. The van der Waals surface area contributed by atoms with Crippen LogP contribution in [-0.4, -0.2) is 55.2 Å². The molecule has 1 saturated heterocycles. The fourth-order valence-corrected chi connectivity index (χ4v) is 6.89. The van der Waals surface area contributed by atoms with Crippen LogP contribution >= 0.6 is 0 Å². The fraction of sp³-hybridized carbons (Fsp3) is 0.710. The first-order valence-electron chi connectivity index (χ1n) is 15.6. The van der Waals surface area contributed by atoms with Crippen molar-refractivity contribution in [1.82, 2.24) is 24.8 Å². The molecule has 1 amide bonds. The first-order valence-corrected chi connectivity index (χ1v) is 15.6. The third kappa shape index (κ3) is 6.60. The molecule has 1 aliphatic heterocycles. The maximum atomic E-state index is 11.3. The summed E-state index contributed by atoms with van der Waals surface area (Å²) >= 11 is 0. The number of imidazole rings is 1. The van der Waals surface area contributed by atoms with Crippen LogP contribution in [0, 0.1) is 41.4 Å². The van der Waals surface area contributed by atoms with Gasteiger partial charge in [-0.15, -0.1) is 12.3 Å². The Bertz CT molecular complexity index is 1290. The Labute approximate surface area is 243 Å². The quantitative estimate of drug-likeness (QED) is 0.171. The van der Waals surface area contributed by atoms with Crippen molar-refractivity contribution >= 4 is 34.9 Å². The van der Waals surface area contributed by atoms with E-state index in [1.807, 2.05) is 0 Å². The number of anilines is 2. The predicted molar refractivity (Wildman–Crippen MR) is 162 cm³/mol. The van der Waals surface area contributed by atoms with Crippen LogP contribution in [0.25, 0.3) is 11.2 Å². The molecule has 10 heteroatoms. The predicted octanol–water partition coefficient (Wildman–Crippen LogP) is 5.86. The molecule has 4 N–H and O–H groups in total. The van der Waals surface area contributed by atoms with Gasteiger partial charge in [0, 0.05) is 31.1 Å². The average Bonchev–Trinajstić information content (AvgIpc) is 3.25. The van der Waals surface area contributed by atoms with Crippen molar-refractivity contribution in [3.63, 3.8) is 0 Å². The molecule has 2 aromatic heterocycles. The van der Waals surface area contributed by atoms with E-state index >= 15 is 0 Å². The third-order valence-electron chi connectivity index (χ3n) is 9.41. The Hall–Kier alpha value is -3.35. The summed E-state index contributed by atoms with van der Waals surface area (Å²) < 4.78 is 2.34. The summed E-state index contributed by atoms with van der Waals surface area (Å²) in [4.78, 5) is 28.4. The number of piperidine rings is 1. The Balaban J connectivity index is 1.61. The number of rotatable bonds is 9. The molecule has 0 spiro atoms. The highest BCUT2D eigenvalue weighted by atomic mass is 16.4. The van der Waals surface area contributed by atoms with Crippen LogP contribution in [0.5, 0.6) is 0 Å². The van der Waals surface area contributed by atoms with E-state index in [0.29, 0.717) is 41.2 Å². The molecule has 2 atom stereocenters. The molecule has 2 aliphatic carbocycles. The van der Waals surface area contributed by atoms with Gasteiger partial charge in [-0.25, -0.2) is 14.8 Å². The van der Waals surface area contributed by atoms with Gasteiger partial charge in [0.15, 0.2) is 23.1 Å². The van der Waals surface area contributed by atoms with Gasteiger partial charge in [0.25, 0.3) is 0 Å². The zero-order chi connectivity index (χ0) is 29.1. The molecule has 2 saturated carbocycles. The molecule has 3 aliphatic rings. The Morgan fingerprint density at radius 2 is 1.83 bits per heavy atom. The first-order chi connectivity index (χ1) is 19.7. The van der Waals surface area contributed by atoms with Crippen molar-refractivity contribution in [2.45, 2.75) is 110 Å². The van der Waals surface area contributed by atoms with E-state index in [4.69, 9.17) is 21.8 Å². The number of fused-ring (bicyclic) bond motifs is 1. The van der Waals surface area contributed by atoms with Crippen molar-refractivity contribution in [3.05, 3.63) is 5.82 Å². The molecule has 2 aromatic rings. The van der Waals surface area contributed by atoms with Crippen LogP contribution < -0.4 is 15.5 Å². The summed E-state index contributed by atoms with van der Waals surface area (Å²) in [6, 6.07) is 0.596. The smallest absolute Gasteiger partial charge is 0.410 e. The second-order valence-electron chi connectivity index (χ2n) is 12.9. The molecule has 0 unspecified atom stereocenters. The summed E-state index contributed by atoms with van der Waals surface area (Å²) in [5.41, 5.74) is 1.36. The van der Waals surface area contributed by atoms with Gasteiger partial charge < -0.3 is 19.9 Å². The number of hydrogen-bond donors (Lipinski definition) is 4. The fourth-order valence-electron chi connectivity index (χ4n) is 6.89. The SMILES string of the molecule is C#C[C@H]1CC[C@H](Cn2c(N3CCCC[C@H]3CC(C)C)nc3nc(C(=N)NC(=O)O)nc(N[C@H](C)C4CCC4)c32)CC1. The van der Waals surface area contributed by atoms with Crippen molar-refractivity contribution in [2.75, 3.05) is 16.8 Å².